The van der Waals surface area contributed by atoms with E-state index in [1.807, 2.05) is 24.3 Å². The summed E-state index contributed by atoms with van der Waals surface area (Å²) in [6.45, 7) is 1.51. The second kappa shape index (κ2) is 5.48. The minimum absolute atomic E-state index is 0.223. The second-order valence-electron chi connectivity index (χ2n) is 5.34. The molecular weight excluding hydrogens is 264 g/mol. The van der Waals surface area contributed by atoms with Crippen molar-refractivity contribution in [2.45, 2.75) is 19.4 Å². The third-order valence-corrected chi connectivity index (χ3v) is 3.96. The first-order chi connectivity index (χ1) is 10.2. The van der Waals surface area contributed by atoms with Crippen LogP contribution in [0.25, 0.3) is 0 Å². The van der Waals surface area contributed by atoms with Gasteiger partial charge in [0.05, 0.1) is 5.56 Å². The first-order valence-corrected chi connectivity index (χ1v) is 7.10. The summed E-state index contributed by atoms with van der Waals surface area (Å²) >= 11 is 0. The Kier molecular flexibility index (Phi) is 3.52. The van der Waals surface area contributed by atoms with E-state index in [0.29, 0.717) is 12.2 Å². The molecule has 2 aromatic carbocycles. The predicted molar refractivity (Wildman–Crippen MR) is 83.6 cm³/mol. The number of para-hydroxylation sites is 1. The summed E-state index contributed by atoms with van der Waals surface area (Å²) in [6.07, 6.45) is 2.16. The van der Waals surface area contributed by atoms with E-state index in [4.69, 9.17) is 5.73 Å². The van der Waals surface area contributed by atoms with Crippen molar-refractivity contribution in [1.29, 1.82) is 0 Å². The van der Waals surface area contributed by atoms with E-state index in [-0.39, 0.29) is 5.56 Å². The maximum Gasteiger partial charge on any atom is 0.338 e. The molecule has 0 aromatic heterocycles. The number of rotatable bonds is 3. The lowest BCUT2D eigenvalue weighted by Crippen LogP contribution is -2.29. The van der Waals surface area contributed by atoms with Crippen molar-refractivity contribution in [3.05, 3.63) is 59.2 Å². The van der Waals surface area contributed by atoms with E-state index in [0.717, 1.165) is 24.9 Å². The Labute approximate surface area is 123 Å². The van der Waals surface area contributed by atoms with Crippen LogP contribution in [0.1, 0.15) is 27.9 Å². The molecule has 1 aliphatic rings. The zero-order valence-electron chi connectivity index (χ0n) is 11.7. The highest BCUT2D eigenvalue weighted by Crippen LogP contribution is 2.29. The van der Waals surface area contributed by atoms with E-state index in [9.17, 15) is 9.90 Å². The molecule has 0 fully saturated rings. The number of aromatic carboxylic acids is 1. The van der Waals surface area contributed by atoms with Gasteiger partial charge in [-0.05, 0) is 36.1 Å². The van der Waals surface area contributed by atoms with Gasteiger partial charge in [-0.25, -0.2) is 4.79 Å². The van der Waals surface area contributed by atoms with Crippen LogP contribution >= 0.6 is 0 Å². The first-order valence-electron chi connectivity index (χ1n) is 7.10. The Hall–Kier alpha value is -2.49. The Morgan fingerprint density at radius 2 is 2.00 bits per heavy atom. The smallest absolute Gasteiger partial charge is 0.338 e. The topological polar surface area (TPSA) is 66.6 Å². The molecule has 0 aliphatic carbocycles. The van der Waals surface area contributed by atoms with E-state index in [1.165, 1.54) is 11.3 Å². The van der Waals surface area contributed by atoms with Crippen molar-refractivity contribution in [3.8, 4) is 0 Å². The van der Waals surface area contributed by atoms with Gasteiger partial charge in [-0.1, -0.05) is 30.3 Å². The Morgan fingerprint density at radius 3 is 2.81 bits per heavy atom. The quantitative estimate of drug-likeness (QED) is 0.849. The minimum Gasteiger partial charge on any atom is -0.478 e. The number of anilines is 2. The van der Waals surface area contributed by atoms with E-state index in [2.05, 4.69) is 17.0 Å². The molecule has 0 amide bonds. The largest absolute Gasteiger partial charge is 0.478 e. The number of aryl methyl sites for hydroxylation is 1. The number of nitrogens with two attached hydrogens (primary N) is 1. The van der Waals surface area contributed by atoms with Gasteiger partial charge in [0.2, 0.25) is 0 Å². The van der Waals surface area contributed by atoms with Gasteiger partial charge in [0.25, 0.3) is 0 Å². The van der Waals surface area contributed by atoms with Gasteiger partial charge in [0.1, 0.15) is 0 Å². The second-order valence-corrected chi connectivity index (χ2v) is 5.34. The molecule has 0 spiro atoms. The molecule has 1 heterocycles. The monoisotopic (exact) mass is 282 g/mol. The minimum atomic E-state index is -0.964. The van der Waals surface area contributed by atoms with E-state index < -0.39 is 5.97 Å². The summed E-state index contributed by atoms with van der Waals surface area (Å²) in [4.78, 5) is 13.7. The highest BCUT2D eigenvalue weighted by molar-refractivity contribution is 5.95. The fourth-order valence-electron chi connectivity index (χ4n) is 2.99. The standard InChI is InChI=1S/C17H18N2O2/c18-14-8-3-6-13(16(14)17(20)21)11-19-10-4-7-12-5-1-2-9-15(12)19/h1-3,5-6,8-9H,4,7,10-11,18H2,(H,20,21). The van der Waals surface area contributed by atoms with Gasteiger partial charge in [-0.3, -0.25) is 0 Å². The molecule has 0 atom stereocenters. The Bertz CT molecular complexity index is 682. The Morgan fingerprint density at radius 1 is 1.19 bits per heavy atom. The summed E-state index contributed by atoms with van der Waals surface area (Å²) in [7, 11) is 0. The van der Waals surface area contributed by atoms with Gasteiger partial charge in [-0.15, -0.1) is 0 Å². The third kappa shape index (κ3) is 2.57. The summed E-state index contributed by atoms with van der Waals surface area (Å²) < 4.78 is 0. The van der Waals surface area contributed by atoms with Gasteiger partial charge in [-0.2, -0.15) is 0 Å². The van der Waals surface area contributed by atoms with Crippen LogP contribution in [0.2, 0.25) is 0 Å². The maximum atomic E-state index is 11.4. The summed E-state index contributed by atoms with van der Waals surface area (Å²) in [5.74, 6) is -0.964. The molecular formula is C17H18N2O2. The van der Waals surface area contributed by atoms with Crippen LogP contribution in [0.3, 0.4) is 0 Å². The van der Waals surface area contributed by atoms with Crippen molar-refractivity contribution in [2.24, 2.45) is 0 Å². The Balaban J connectivity index is 1.96. The van der Waals surface area contributed by atoms with Crippen molar-refractivity contribution in [3.63, 3.8) is 0 Å². The highest BCUT2D eigenvalue weighted by Gasteiger charge is 2.20. The summed E-state index contributed by atoms with van der Waals surface area (Å²) in [5, 5.41) is 9.37. The van der Waals surface area contributed by atoms with Crippen molar-refractivity contribution >= 4 is 17.3 Å². The molecule has 0 radical (unpaired) electrons. The normalized spacial score (nSPS) is 13.8. The molecule has 4 nitrogen and oxygen atoms in total. The highest BCUT2D eigenvalue weighted by atomic mass is 16.4. The van der Waals surface area contributed by atoms with Gasteiger partial charge in [0, 0.05) is 24.5 Å². The number of nitrogen functional groups attached to an aromatic ring is 1. The number of benzene rings is 2. The molecule has 0 saturated heterocycles. The number of carboxylic acids is 1. The summed E-state index contributed by atoms with van der Waals surface area (Å²) in [6, 6.07) is 13.6. The first kappa shape index (κ1) is 13.5. The lowest BCUT2D eigenvalue weighted by atomic mass is 9.99. The van der Waals surface area contributed by atoms with Crippen molar-refractivity contribution < 1.29 is 9.90 Å². The van der Waals surface area contributed by atoms with Gasteiger partial charge < -0.3 is 15.7 Å². The van der Waals surface area contributed by atoms with Crippen LogP contribution in [-0.2, 0) is 13.0 Å². The average Bonchev–Trinajstić information content (AvgIpc) is 2.47. The lowest BCUT2D eigenvalue weighted by molar-refractivity contribution is 0.0697. The van der Waals surface area contributed by atoms with Crippen LogP contribution in [0.4, 0.5) is 11.4 Å². The molecule has 1 aliphatic heterocycles. The molecule has 0 bridgehead atoms. The third-order valence-electron chi connectivity index (χ3n) is 3.96. The fourth-order valence-corrected chi connectivity index (χ4v) is 2.99. The van der Waals surface area contributed by atoms with Crippen molar-refractivity contribution in [1.82, 2.24) is 0 Å². The van der Waals surface area contributed by atoms with Crippen LogP contribution < -0.4 is 10.6 Å². The number of hydrogen-bond acceptors (Lipinski definition) is 3. The van der Waals surface area contributed by atoms with Gasteiger partial charge in [0.15, 0.2) is 0 Å². The molecule has 2 aromatic rings. The molecule has 0 unspecified atom stereocenters. The maximum absolute atomic E-state index is 11.4. The zero-order valence-corrected chi connectivity index (χ0v) is 11.7. The van der Waals surface area contributed by atoms with Crippen molar-refractivity contribution in [2.75, 3.05) is 17.2 Å². The van der Waals surface area contributed by atoms with Crippen LogP contribution in [0.15, 0.2) is 42.5 Å². The fraction of sp³-hybridized carbons (Fsp3) is 0.235. The molecule has 3 rings (SSSR count). The molecule has 21 heavy (non-hydrogen) atoms. The van der Waals surface area contributed by atoms with E-state index in [1.54, 1.807) is 6.07 Å². The molecule has 3 N–H and O–H groups in total. The molecule has 4 heteroatoms. The number of fused-ring (bicyclic) bond motifs is 1. The van der Waals surface area contributed by atoms with Gasteiger partial charge >= 0.3 is 5.97 Å². The number of carbonyl (C=O) groups is 1. The molecule has 0 saturated carbocycles. The number of nitrogens with zero attached hydrogens (tertiary/aromatic N) is 1. The predicted octanol–water partition coefficient (Wildman–Crippen LogP) is 2.92. The van der Waals surface area contributed by atoms with Crippen LogP contribution in [0.5, 0.6) is 0 Å². The van der Waals surface area contributed by atoms with Crippen LogP contribution in [-0.4, -0.2) is 17.6 Å². The molecule has 108 valence electrons. The SMILES string of the molecule is Nc1cccc(CN2CCCc3ccccc32)c1C(=O)O. The number of hydrogen-bond donors (Lipinski definition) is 2. The zero-order chi connectivity index (χ0) is 14.8. The summed E-state index contributed by atoms with van der Waals surface area (Å²) in [5.41, 5.74) is 9.65. The van der Waals surface area contributed by atoms with E-state index >= 15 is 0 Å². The van der Waals surface area contributed by atoms with Crippen LogP contribution in [0, 0.1) is 0 Å². The lowest BCUT2D eigenvalue weighted by Gasteiger charge is -2.31. The average molecular weight is 282 g/mol. The number of carboxylic acid groups (broad SMARTS) is 1.